The fourth-order valence-corrected chi connectivity index (χ4v) is 3.43. The van der Waals surface area contributed by atoms with E-state index in [1.54, 1.807) is 6.92 Å². The molecule has 0 aliphatic rings. The van der Waals surface area contributed by atoms with E-state index in [2.05, 4.69) is 0 Å². The van der Waals surface area contributed by atoms with Gasteiger partial charge in [-0.2, -0.15) is 4.31 Å². The van der Waals surface area contributed by atoms with E-state index >= 15 is 0 Å². The third kappa shape index (κ3) is 4.87. The minimum Gasteiger partial charge on any atom is -0.302 e. The monoisotopic (exact) mass is 329 g/mol. The van der Waals surface area contributed by atoms with Crippen molar-refractivity contribution in [1.82, 2.24) is 4.31 Å². The van der Waals surface area contributed by atoms with Gasteiger partial charge in [-0.1, -0.05) is 60.7 Å². The number of sulfonamides is 1. The average molecular weight is 329 g/mol. The van der Waals surface area contributed by atoms with E-state index in [4.69, 9.17) is 0 Å². The zero-order chi connectivity index (χ0) is 16.7. The van der Waals surface area contributed by atoms with Crippen molar-refractivity contribution in [2.45, 2.75) is 19.5 Å². The second kappa shape index (κ2) is 7.85. The average Bonchev–Trinajstić information content (AvgIpc) is 2.59. The van der Waals surface area contributed by atoms with Crippen LogP contribution in [0.25, 0.3) is 6.08 Å². The molecule has 0 fully saturated rings. The van der Waals surface area contributed by atoms with Gasteiger partial charge in [0.25, 0.3) is 0 Å². The van der Waals surface area contributed by atoms with E-state index in [0.717, 1.165) is 16.5 Å². The summed E-state index contributed by atoms with van der Waals surface area (Å²) in [5.41, 5.74) is 1.62. The van der Waals surface area contributed by atoms with Crippen molar-refractivity contribution >= 4 is 22.4 Å². The number of hydrogen-bond acceptors (Lipinski definition) is 3. The Morgan fingerprint density at radius 1 is 1.00 bits per heavy atom. The second-order valence-corrected chi connectivity index (χ2v) is 6.94. The third-order valence-corrected chi connectivity index (χ3v) is 4.99. The van der Waals surface area contributed by atoms with E-state index in [1.165, 1.54) is 10.4 Å². The molecule has 4 nitrogen and oxygen atoms in total. The molecule has 0 bridgehead atoms. The number of hydrogen-bond donors (Lipinski definition) is 0. The fourth-order valence-electron chi connectivity index (χ4n) is 2.10. The smallest absolute Gasteiger partial charge is 0.237 e. The van der Waals surface area contributed by atoms with Crippen molar-refractivity contribution in [3.05, 3.63) is 77.2 Å². The molecule has 0 N–H and O–H groups in total. The van der Waals surface area contributed by atoms with E-state index < -0.39 is 16.1 Å². The molecule has 0 aromatic heterocycles. The molecule has 1 unspecified atom stereocenters. The first-order valence-electron chi connectivity index (χ1n) is 7.27. The molecule has 2 rings (SSSR count). The van der Waals surface area contributed by atoms with Crippen LogP contribution in [-0.4, -0.2) is 25.1 Å². The summed E-state index contributed by atoms with van der Waals surface area (Å²) in [7, 11) is -3.71. The Morgan fingerprint density at radius 3 is 2.13 bits per heavy atom. The lowest BCUT2D eigenvalue weighted by atomic mass is 10.2. The molecule has 0 heterocycles. The van der Waals surface area contributed by atoms with Crippen molar-refractivity contribution in [1.29, 1.82) is 0 Å². The largest absolute Gasteiger partial charge is 0.302 e. The maximum Gasteiger partial charge on any atom is 0.237 e. The summed E-state index contributed by atoms with van der Waals surface area (Å²) in [6, 6.07) is 17.6. The molecule has 0 aliphatic heterocycles. The van der Waals surface area contributed by atoms with Gasteiger partial charge in [0.2, 0.25) is 10.0 Å². The highest BCUT2D eigenvalue weighted by Gasteiger charge is 2.25. The normalized spacial score (nSPS) is 13.3. The van der Waals surface area contributed by atoms with Crippen LogP contribution in [0.1, 0.15) is 18.1 Å². The molecule has 23 heavy (non-hydrogen) atoms. The van der Waals surface area contributed by atoms with Crippen molar-refractivity contribution in [3.63, 3.8) is 0 Å². The first-order valence-corrected chi connectivity index (χ1v) is 8.77. The van der Waals surface area contributed by atoms with Gasteiger partial charge in [0.1, 0.15) is 6.29 Å². The molecule has 0 saturated heterocycles. The van der Waals surface area contributed by atoms with Crippen molar-refractivity contribution in [2.75, 3.05) is 0 Å². The Bertz CT molecular complexity index is 755. The Kier molecular flexibility index (Phi) is 5.84. The molecule has 0 radical (unpaired) electrons. The van der Waals surface area contributed by atoms with Gasteiger partial charge in [0.05, 0.1) is 6.04 Å². The van der Waals surface area contributed by atoms with Crippen LogP contribution in [0.4, 0.5) is 0 Å². The molecule has 2 aromatic rings. The maximum absolute atomic E-state index is 12.6. The molecule has 0 saturated carbocycles. The lowest BCUT2D eigenvalue weighted by molar-refractivity contribution is -0.110. The van der Waals surface area contributed by atoms with Crippen molar-refractivity contribution < 1.29 is 13.2 Å². The first-order chi connectivity index (χ1) is 11.0. The molecule has 120 valence electrons. The number of carbonyl (C=O) groups is 1. The molecule has 2 aromatic carbocycles. The number of nitrogens with zero attached hydrogens (tertiary/aromatic N) is 1. The SMILES string of the molecule is CC(C=O)N(Cc1ccccc1)S(=O)(=O)/C=C/c1ccccc1. The van der Waals surface area contributed by atoms with Crippen LogP contribution in [0.3, 0.4) is 0 Å². The predicted molar refractivity (Wildman–Crippen MR) is 91.9 cm³/mol. The van der Waals surface area contributed by atoms with Gasteiger partial charge in [-0.05, 0) is 24.1 Å². The molecule has 5 heteroatoms. The summed E-state index contributed by atoms with van der Waals surface area (Å²) in [6.07, 6.45) is 2.17. The minimum absolute atomic E-state index is 0.155. The summed E-state index contributed by atoms with van der Waals surface area (Å²) in [4.78, 5) is 11.1. The number of benzene rings is 2. The maximum atomic E-state index is 12.6. The molecule has 0 spiro atoms. The number of aldehydes is 1. The van der Waals surface area contributed by atoms with Gasteiger partial charge < -0.3 is 4.79 Å². The van der Waals surface area contributed by atoms with Crippen molar-refractivity contribution in [3.8, 4) is 0 Å². The summed E-state index contributed by atoms with van der Waals surface area (Å²) in [5, 5.41) is 1.14. The number of rotatable bonds is 7. The van der Waals surface area contributed by atoms with Crippen LogP contribution in [0, 0.1) is 0 Å². The minimum atomic E-state index is -3.71. The van der Waals surface area contributed by atoms with Gasteiger partial charge in [-0.3, -0.25) is 0 Å². The van der Waals surface area contributed by atoms with Gasteiger partial charge in [0.15, 0.2) is 0 Å². The molecule has 1 atom stereocenters. The lowest BCUT2D eigenvalue weighted by Crippen LogP contribution is -2.37. The quantitative estimate of drug-likeness (QED) is 0.734. The second-order valence-electron chi connectivity index (χ2n) is 5.17. The zero-order valence-corrected chi connectivity index (χ0v) is 13.7. The summed E-state index contributed by atoms with van der Waals surface area (Å²) >= 11 is 0. The van der Waals surface area contributed by atoms with Crippen molar-refractivity contribution in [2.24, 2.45) is 0 Å². The van der Waals surface area contributed by atoms with Crippen LogP contribution in [-0.2, 0) is 21.4 Å². The van der Waals surface area contributed by atoms with Crippen LogP contribution in [0.15, 0.2) is 66.1 Å². The Balaban J connectivity index is 2.26. The highest BCUT2D eigenvalue weighted by atomic mass is 32.2. The van der Waals surface area contributed by atoms with Crippen LogP contribution in [0.2, 0.25) is 0 Å². The molecule has 0 aliphatic carbocycles. The molecular formula is C18H19NO3S. The van der Waals surface area contributed by atoms with E-state index in [1.807, 2.05) is 60.7 Å². The zero-order valence-electron chi connectivity index (χ0n) is 12.9. The van der Waals surface area contributed by atoms with Gasteiger partial charge in [-0.25, -0.2) is 8.42 Å². The van der Waals surface area contributed by atoms with E-state index in [0.29, 0.717) is 6.29 Å². The predicted octanol–water partition coefficient (Wildman–Crippen LogP) is 3.08. The third-order valence-electron chi connectivity index (χ3n) is 3.39. The Labute approximate surface area is 137 Å². The van der Waals surface area contributed by atoms with Gasteiger partial charge in [0, 0.05) is 12.0 Å². The lowest BCUT2D eigenvalue weighted by Gasteiger charge is -2.23. The van der Waals surface area contributed by atoms with Crippen LogP contribution in [0.5, 0.6) is 0 Å². The Morgan fingerprint density at radius 2 is 1.57 bits per heavy atom. The standard InChI is InChI=1S/C18H19NO3S/c1-16(15-20)19(14-18-10-6-3-7-11-18)23(21,22)13-12-17-8-4-2-5-9-17/h2-13,15-16H,14H2,1H3/b13-12+. The summed E-state index contributed by atoms with van der Waals surface area (Å²) < 4.78 is 26.4. The number of carbonyl (C=O) groups excluding carboxylic acids is 1. The summed E-state index contributed by atoms with van der Waals surface area (Å²) in [5.74, 6) is 0. The molecule has 0 amide bonds. The Hall–Kier alpha value is -2.24. The highest BCUT2D eigenvalue weighted by Crippen LogP contribution is 2.15. The highest BCUT2D eigenvalue weighted by molar-refractivity contribution is 7.92. The van der Waals surface area contributed by atoms with E-state index in [-0.39, 0.29) is 6.54 Å². The van der Waals surface area contributed by atoms with E-state index in [9.17, 15) is 13.2 Å². The summed E-state index contributed by atoms with van der Waals surface area (Å²) in [6.45, 7) is 1.73. The van der Waals surface area contributed by atoms with Gasteiger partial charge in [-0.15, -0.1) is 0 Å². The van der Waals surface area contributed by atoms with Crippen LogP contribution >= 0.6 is 0 Å². The topological polar surface area (TPSA) is 54.5 Å². The van der Waals surface area contributed by atoms with Crippen LogP contribution < -0.4 is 0 Å². The fraction of sp³-hybridized carbons (Fsp3) is 0.167. The molecular weight excluding hydrogens is 310 g/mol. The van der Waals surface area contributed by atoms with Gasteiger partial charge >= 0.3 is 0 Å². The first kappa shape index (κ1) is 17.1.